The van der Waals surface area contributed by atoms with Crippen molar-refractivity contribution in [2.24, 2.45) is 5.92 Å². The molecule has 0 bridgehead atoms. The molecule has 112 valence electrons. The smallest absolute Gasteiger partial charge is 0.0175 e. The summed E-state index contributed by atoms with van der Waals surface area (Å²) < 4.78 is 1.18. The standard InChI is InChI=1S/C18H28BrN/c1-2-3-4-5-6-16(14-20-18-11-12-18)13-15-7-9-17(19)10-8-15/h7-10,16,18,20H,2-6,11-14H2,1H3. The van der Waals surface area contributed by atoms with E-state index in [1.807, 2.05) is 0 Å². The molecule has 20 heavy (non-hydrogen) atoms. The highest BCUT2D eigenvalue weighted by molar-refractivity contribution is 9.10. The highest BCUT2D eigenvalue weighted by atomic mass is 79.9. The maximum atomic E-state index is 3.72. The van der Waals surface area contributed by atoms with Gasteiger partial charge in [-0.3, -0.25) is 0 Å². The van der Waals surface area contributed by atoms with Crippen molar-refractivity contribution in [3.8, 4) is 0 Å². The van der Waals surface area contributed by atoms with Gasteiger partial charge in [-0.15, -0.1) is 0 Å². The summed E-state index contributed by atoms with van der Waals surface area (Å²) >= 11 is 3.52. The average molecular weight is 338 g/mol. The summed E-state index contributed by atoms with van der Waals surface area (Å²) in [6.45, 7) is 3.49. The summed E-state index contributed by atoms with van der Waals surface area (Å²) in [5, 5.41) is 3.72. The second kappa shape index (κ2) is 8.84. The van der Waals surface area contributed by atoms with Crippen molar-refractivity contribution in [2.45, 2.75) is 64.3 Å². The molecule has 1 nitrogen and oxygen atoms in total. The van der Waals surface area contributed by atoms with Crippen molar-refractivity contribution in [3.05, 3.63) is 34.3 Å². The molecular formula is C18H28BrN. The topological polar surface area (TPSA) is 12.0 Å². The molecule has 2 rings (SSSR count). The first-order chi connectivity index (χ1) is 9.78. The first kappa shape index (κ1) is 16.0. The van der Waals surface area contributed by atoms with E-state index in [0.29, 0.717) is 0 Å². The van der Waals surface area contributed by atoms with Crippen molar-refractivity contribution in [3.63, 3.8) is 0 Å². The van der Waals surface area contributed by atoms with Gasteiger partial charge in [0, 0.05) is 10.5 Å². The first-order valence-corrected chi connectivity index (χ1v) is 9.05. The van der Waals surface area contributed by atoms with E-state index in [2.05, 4.69) is 52.4 Å². The minimum Gasteiger partial charge on any atom is -0.314 e. The minimum atomic E-state index is 0.800. The summed E-state index contributed by atoms with van der Waals surface area (Å²) in [7, 11) is 0. The van der Waals surface area contributed by atoms with Crippen molar-refractivity contribution in [1.29, 1.82) is 0 Å². The van der Waals surface area contributed by atoms with Crippen LogP contribution in [0.25, 0.3) is 0 Å². The maximum Gasteiger partial charge on any atom is 0.0175 e. The molecule has 0 aliphatic heterocycles. The van der Waals surface area contributed by atoms with Gasteiger partial charge in [-0.25, -0.2) is 0 Å². The third-order valence-electron chi connectivity index (χ3n) is 4.18. The van der Waals surface area contributed by atoms with Crippen molar-refractivity contribution < 1.29 is 0 Å². The molecule has 1 unspecified atom stereocenters. The van der Waals surface area contributed by atoms with Gasteiger partial charge < -0.3 is 5.32 Å². The quantitative estimate of drug-likeness (QED) is 0.569. The molecule has 2 heteroatoms. The molecule has 1 aromatic carbocycles. The van der Waals surface area contributed by atoms with E-state index in [1.165, 1.54) is 67.9 Å². The number of unbranched alkanes of at least 4 members (excludes halogenated alkanes) is 3. The fourth-order valence-electron chi connectivity index (χ4n) is 2.71. The largest absolute Gasteiger partial charge is 0.314 e. The molecule has 0 amide bonds. The third-order valence-corrected chi connectivity index (χ3v) is 4.70. The van der Waals surface area contributed by atoms with Gasteiger partial charge >= 0.3 is 0 Å². The molecule has 0 radical (unpaired) electrons. The number of hydrogen-bond donors (Lipinski definition) is 1. The molecule has 1 atom stereocenters. The van der Waals surface area contributed by atoms with E-state index < -0.39 is 0 Å². The third kappa shape index (κ3) is 6.41. The Hall–Kier alpha value is -0.340. The lowest BCUT2D eigenvalue weighted by Crippen LogP contribution is -2.26. The van der Waals surface area contributed by atoms with Crippen molar-refractivity contribution in [2.75, 3.05) is 6.54 Å². The highest BCUT2D eigenvalue weighted by Gasteiger charge is 2.21. The van der Waals surface area contributed by atoms with Crippen LogP contribution in [0.3, 0.4) is 0 Å². The van der Waals surface area contributed by atoms with E-state index in [-0.39, 0.29) is 0 Å². The summed E-state index contributed by atoms with van der Waals surface area (Å²) in [6, 6.07) is 9.69. The molecule has 1 saturated carbocycles. The van der Waals surface area contributed by atoms with Crippen LogP contribution in [0.5, 0.6) is 0 Å². The molecule has 0 saturated heterocycles. The fourth-order valence-corrected chi connectivity index (χ4v) is 2.98. The van der Waals surface area contributed by atoms with Crippen LogP contribution in [0.1, 0.15) is 57.4 Å². The van der Waals surface area contributed by atoms with E-state index in [9.17, 15) is 0 Å². The number of hydrogen-bond acceptors (Lipinski definition) is 1. The molecule has 1 aromatic rings. The zero-order chi connectivity index (χ0) is 14.2. The normalized spacial score (nSPS) is 16.3. The number of halogens is 1. The van der Waals surface area contributed by atoms with Crippen molar-refractivity contribution in [1.82, 2.24) is 5.32 Å². The van der Waals surface area contributed by atoms with Gasteiger partial charge in [0.2, 0.25) is 0 Å². The average Bonchev–Trinajstić information content (AvgIpc) is 3.27. The van der Waals surface area contributed by atoms with Crippen LogP contribution >= 0.6 is 15.9 Å². The van der Waals surface area contributed by atoms with Crippen LogP contribution < -0.4 is 5.32 Å². The van der Waals surface area contributed by atoms with Gasteiger partial charge in [0.05, 0.1) is 0 Å². The van der Waals surface area contributed by atoms with E-state index in [4.69, 9.17) is 0 Å². The zero-order valence-corrected chi connectivity index (χ0v) is 14.3. The Kier molecular flexibility index (Phi) is 7.09. The Bertz CT molecular complexity index is 370. The lowest BCUT2D eigenvalue weighted by Gasteiger charge is -2.18. The Morgan fingerprint density at radius 1 is 1.15 bits per heavy atom. The van der Waals surface area contributed by atoms with Crippen LogP contribution in [-0.2, 0) is 6.42 Å². The number of benzene rings is 1. The summed E-state index contributed by atoms with van der Waals surface area (Å²) in [6.07, 6.45) is 10.9. The predicted octanol–water partition coefficient (Wildman–Crippen LogP) is 5.33. The van der Waals surface area contributed by atoms with Gasteiger partial charge in [-0.05, 0) is 55.8 Å². The van der Waals surface area contributed by atoms with Crippen LogP contribution in [0.15, 0.2) is 28.7 Å². The lowest BCUT2D eigenvalue weighted by atomic mass is 9.93. The van der Waals surface area contributed by atoms with Gasteiger partial charge in [-0.2, -0.15) is 0 Å². The molecule has 0 spiro atoms. The molecule has 1 N–H and O–H groups in total. The van der Waals surface area contributed by atoms with Gasteiger partial charge in [0.25, 0.3) is 0 Å². The predicted molar refractivity (Wildman–Crippen MR) is 91.1 cm³/mol. The van der Waals surface area contributed by atoms with Crippen LogP contribution in [0.2, 0.25) is 0 Å². The number of nitrogens with one attached hydrogen (secondary N) is 1. The Labute approximate surface area is 132 Å². The maximum absolute atomic E-state index is 3.72. The zero-order valence-electron chi connectivity index (χ0n) is 12.7. The van der Waals surface area contributed by atoms with Crippen LogP contribution in [0.4, 0.5) is 0 Å². The van der Waals surface area contributed by atoms with Gasteiger partial charge in [0.1, 0.15) is 0 Å². The second-order valence-electron chi connectivity index (χ2n) is 6.23. The van der Waals surface area contributed by atoms with Crippen LogP contribution in [-0.4, -0.2) is 12.6 Å². The summed E-state index contributed by atoms with van der Waals surface area (Å²) in [5.74, 6) is 0.800. The Balaban J connectivity index is 1.78. The SMILES string of the molecule is CCCCCCC(CNC1CC1)Cc1ccc(Br)cc1. The second-order valence-corrected chi connectivity index (χ2v) is 7.14. The molecule has 1 aliphatic carbocycles. The van der Waals surface area contributed by atoms with Crippen LogP contribution in [0, 0.1) is 5.92 Å². The molecular weight excluding hydrogens is 310 g/mol. The Morgan fingerprint density at radius 2 is 1.90 bits per heavy atom. The Morgan fingerprint density at radius 3 is 2.55 bits per heavy atom. The molecule has 1 fully saturated rings. The molecule has 0 heterocycles. The summed E-state index contributed by atoms with van der Waals surface area (Å²) in [5.41, 5.74) is 1.48. The highest BCUT2D eigenvalue weighted by Crippen LogP contribution is 2.22. The van der Waals surface area contributed by atoms with Gasteiger partial charge in [0.15, 0.2) is 0 Å². The lowest BCUT2D eigenvalue weighted by molar-refractivity contribution is 0.420. The van der Waals surface area contributed by atoms with Gasteiger partial charge in [-0.1, -0.05) is 60.7 Å². The molecule has 1 aliphatic rings. The summed E-state index contributed by atoms with van der Waals surface area (Å²) in [4.78, 5) is 0. The van der Waals surface area contributed by atoms with E-state index >= 15 is 0 Å². The van der Waals surface area contributed by atoms with Crippen molar-refractivity contribution >= 4 is 15.9 Å². The number of rotatable bonds is 10. The minimum absolute atomic E-state index is 0.800. The fraction of sp³-hybridized carbons (Fsp3) is 0.667. The van der Waals surface area contributed by atoms with E-state index in [1.54, 1.807) is 0 Å². The first-order valence-electron chi connectivity index (χ1n) is 8.25. The molecule has 0 aromatic heterocycles. The van der Waals surface area contributed by atoms with E-state index in [0.717, 1.165) is 12.0 Å². The monoisotopic (exact) mass is 337 g/mol.